The van der Waals surface area contributed by atoms with E-state index in [2.05, 4.69) is 0 Å². The summed E-state index contributed by atoms with van der Waals surface area (Å²) < 4.78 is 5.47. The standard InChI is InChI=1S/C13H15NO4/c1-13(2)14(7-8-18-13)11(15)9-3-5-10(6-4-9)12(16)17/h3-6H,7-8H2,1-2H3,(H,16,17). The highest BCUT2D eigenvalue weighted by Gasteiger charge is 2.36. The second-order valence-corrected chi connectivity index (χ2v) is 4.63. The van der Waals surface area contributed by atoms with Crippen LogP contribution in [0.4, 0.5) is 0 Å². The Morgan fingerprint density at radius 2 is 1.78 bits per heavy atom. The monoisotopic (exact) mass is 249 g/mol. The van der Waals surface area contributed by atoms with E-state index in [1.807, 2.05) is 13.8 Å². The molecule has 1 amide bonds. The van der Waals surface area contributed by atoms with Crippen LogP contribution in [-0.4, -0.2) is 40.8 Å². The van der Waals surface area contributed by atoms with Gasteiger partial charge in [0.25, 0.3) is 5.91 Å². The van der Waals surface area contributed by atoms with Crippen molar-refractivity contribution in [3.05, 3.63) is 35.4 Å². The summed E-state index contributed by atoms with van der Waals surface area (Å²) in [4.78, 5) is 24.6. The van der Waals surface area contributed by atoms with Crippen LogP contribution in [0.5, 0.6) is 0 Å². The summed E-state index contributed by atoms with van der Waals surface area (Å²) in [5.74, 6) is -1.15. The van der Waals surface area contributed by atoms with Crippen LogP contribution in [-0.2, 0) is 4.74 Å². The molecule has 5 nitrogen and oxygen atoms in total. The molecule has 96 valence electrons. The zero-order chi connectivity index (χ0) is 13.3. The Bertz CT molecular complexity index is 478. The lowest BCUT2D eigenvalue weighted by molar-refractivity contribution is -0.0380. The van der Waals surface area contributed by atoms with E-state index < -0.39 is 11.7 Å². The Balaban J connectivity index is 2.21. The quantitative estimate of drug-likeness (QED) is 0.864. The Hall–Kier alpha value is -1.88. The molecule has 1 saturated heterocycles. The van der Waals surface area contributed by atoms with Crippen LogP contribution in [0.25, 0.3) is 0 Å². The van der Waals surface area contributed by atoms with Crippen molar-refractivity contribution in [1.82, 2.24) is 4.90 Å². The first-order chi connectivity index (χ1) is 8.42. The summed E-state index contributed by atoms with van der Waals surface area (Å²) in [7, 11) is 0. The summed E-state index contributed by atoms with van der Waals surface area (Å²) in [5.41, 5.74) is 0.0322. The summed E-state index contributed by atoms with van der Waals surface area (Å²) >= 11 is 0. The molecule has 1 aromatic carbocycles. The predicted molar refractivity (Wildman–Crippen MR) is 64.5 cm³/mol. The van der Waals surface area contributed by atoms with Crippen molar-refractivity contribution in [3.63, 3.8) is 0 Å². The highest BCUT2D eigenvalue weighted by atomic mass is 16.5. The average Bonchev–Trinajstić information content (AvgIpc) is 2.68. The molecule has 0 bridgehead atoms. The van der Waals surface area contributed by atoms with Gasteiger partial charge in [0.2, 0.25) is 0 Å². The molecule has 0 saturated carbocycles. The molecule has 18 heavy (non-hydrogen) atoms. The molecule has 1 heterocycles. The number of benzene rings is 1. The van der Waals surface area contributed by atoms with E-state index in [9.17, 15) is 9.59 Å². The Kier molecular flexibility index (Phi) is 3.09. The zero-order valence-corrected chi connectivity index (χ0v) is 10.3. The van der Waals surface area contributed by atoms with Gasteiger partial charge >= 0.3 is 5.97 Å². The second kappa shape index (κ2) is 4.42. The van der Waals surface area contributed by atoms with Gasteiger partial charge in [-0.25, -0.2) is 4.79 Å². The molecule has 5 heteroatoms. The van der Waals surface area contributed by atoms with Crippen molar-refractivity contribution in [2.24, 2.45) is 0 Å². The number of carbonyl (C=O) groups is 2. The van der Waals surface area contributed by atoms with Crippen molar-refractivity contribution in [2.75, 3.05) is 13.2 Å². The summed E-state index contributed by atoms with van der Waals surface area (Å²) in [6.07, 6.45) is 0. The number of carboxylic acid groups (broad SMARTS) is 1. The number of hydrogen-bond acceptors (Lipinski definition) is 3. The smallest absolute Gasteiger partial charge is 0.335 e. The third-order valence-electron chi connectivity index (χ3n) is 3.04. The van der Waals surface area contributed by atoms with Crippen LogP contribution in [0.3, 0.4) is 0 Å². The van der Waals surface area contributed by atoms with Gasteiger partial charge in [0, 0.05) is 12.1 Å². The molecular weight excluding hydrogens is 234 g/mol. The molecule has 1 N–H and O–H groups in total. The van der Waals surface area contributed by atoms with Crippen molar-refractivity contribution in [2.45, 2.75) is 19.6 Å². The highest BCUT2D eigenvalue weighted by Crippen LogP contribution is 2.24. The lowest BCUT2D eigenvalue weighted by Gasteiger charge is -2.29. The fraction of sp³-hybridized carbons (Fsp3) is 0.385. The van der Waals surface area contributed by atoms with Gasteiger partial charge in [-0.3, -0.25) is 4.79 Å². The highest BCUT2D eigenvalue weighted by molar-refractivity contribution is 5.96. The molecule has 0 aromatic heterocycles. The minimum absolute atomic E-state index is 0.144. The van der Waals surface area contributed by atoms with Crippen LogP contribution in [0.15, 0.2) is 24.3 Å². The fourth-order valence-corrected chi connectivity index (χ4v) is 1.99. The van der Waals surface area contributed by atoms with Gasteiger partial charge in [0.1, 0.15) is 5.72 Å². The topological polar surface area (TPSA) is 66.8 Å². The van der Waals surface area contributed by atoms with Gasteiger partial charge in [0.15, 0.2) is 0 Å². The van der Waals surface area contributed by atoms with Gasteiger partial charge in [-0.2, -0.15) is 0 Å². The second-order valence-electron chi connectivity index (χ2n) is 4.63. The maximum atomic E-state index is 12.2. The van der Waals surface area contributed by atoms with Crippen molar-refractivity contribution < 1.29 is 19.4 Å². The molecule has 1 aromatic rings. The van der Waals surface area contributed by atoms with E-state index in [0.717, 1.165) is 0 Å². The lowest BCUT2D eigenvalue weighted by Crippen LogP contribution is -2.43. The lowest BCUT2D eigenvalue weighted by atomic mass is 10.1. The van der Waals surface area contributed by atoms with Crippen molar-refractivity contribution >= 4 is 11.9 Å². The van der Waals surface area contributed by atoms with E-state index in [-0.39, 0.29) is 11.5 Å². The first-order valence-corrected chi connectivity index (χ1v) is 5.71. The van der Waals surface area contributed by atoms with Crippen LogP contribution >= 0.6 is 0 Å². The number of rotatable bonds is 2. The van der Waals surface area contributed by atoms with Gasteiger partial charge in [0.05, 0.1) is 12.2 Å². The SMILES string of the molecule is CC1(C)OCCN1C(=O)c1ccc(C(=O)O)cc1. The molecule has 0 spiro atoms. The van der Waals surface area contributed by atoms with E-state index in [4.69, 9.17) is 9.84 Å². The molecule has 1 aliphatic rings. The Labute approximate surface area is 105 Å². The van der Waals surface area contributed by atoms with Gasteiger partial charge in [-0.15, -0.1) is 0 Å². The van der Waals surface area contributed by atoms with Gasteiger partial charge in [-0.1, -0.05) is 0 Å². The van der Waals surface area contributed by atoms with E-state index in [0.29, 0.717) is 18.7 Å². The largest absolute Gasteiger partial charge is 0.478 e. The molecule has 1 aliphatic heterocycles. The summed E-state index contributed by atoms with van der Waals surface area (Å²) in [6.45, 7) is 4.74. The summed E-state index contributed by atoms with van der Waals surface area (Å²) in [6, 6.07) is 5.92. The third kappa shape index (κ3) is 2.22. The molecule has 0 atom stereocenters. The maximum absolute atomic E-state index is 12.2. The molecule has 0 unspecified atom stereocenters. The molecule has 2 rings (SSSR count). The van der Waals surface area contributed by atoms with Gasteiger partial charge < -0.3 is 14.7 Å². The van der Waals surface area contributed by atoms with Crippen LogP contribution < -0.4 is 0 Å². The van der Waals surface area contributed by atoms with Gasteiger partial charge in [-0.05, 0) is 38.1 Å². The maximum Gasteiger partial charge on any atom is 0.335 e. The number of aromatic carboxylic acids is 1. The zero-order valence-electron chi connectivity index (χ0n) is 10.3. The number of amides is 1. The number of ether oxygens (including phenoxy) is 1. The molecule has 0 aliphatic carbocycles. The third-order valence-corrected chi connectivity index (χ3v) is 3.04. The molecular formula is C13H15NO4. The number of carboxylic acids is 1. The van der Waals surface area contributed by atoms with Crippen molar-refractivity contribution in [1.29, 1.82) is 0 Å². The first kappa shape index (κ1) is 12.6. The normalized spacial score (nSPS) is 17.8. The number of nitrogens with zero attached hydrogens (tertiary/aromatic N) is 1. The molecule has 1 fully saturated rings. The van der Waals surface area contributed by atoms with Crippen LogP contribution in [0, 0.1) is 0 Å². The molecule has 0 radical (unpaired) electrons. The summed E-state index contributed by atoms with van der Waals surface area (Å²) in [5, 5.41) is 8.79. The van der Waals surface area contributed by atoms with Crippen LogP contribution in [0.1, 0.15) is 34.6 Å². The van der Waals surface area contributed by atoms with Crippen LogP contribution in [0.2, 0.25) is 0 Å². The fourth-order valence-electron chi connectivity index (χ4n) is 1.99. The predicted octanol–water partition coefficient (Wildman–Crippen LogP) is 1.59. The average molecular weight is 249 g/mol. The Morgan fingerprint density at radius 1 is 1.22 bits per heavy atom. The minimum Gasteiger partial charge on any atom is -0.478 e. The van der Waals surface area contributed by atoms with Crippen molar-refractivity contribution in [3.8, 4) is 0 Å². The number of carbonyl (C=O) groups excluding carboxylic acids is 1. The first-order valence-electron chi connectivity index (χ1n) is 5.71. The minimum atomic E-state index is -1.00. The van der Waals surface area contributed by atoms with E-state index >= 15 is 0 Å². The number of hydrogen-bond donors (Lipinski definition) is 1. The van der Waals surface area contributed by atoms with E-state index in [1.165, 1.54) is 24.3 Å². The van der Waals surface area contributed by atoms with E-state index in [1.54, 1.807) is 4.90 Å². The Morgan fingerprint density at radius 3 is 2.22 bits per heavy atom.